The number of hydrogen-bond donors (Lipinski definition) is 1. The van der Waals surface area contributed by atoms with Gasteiger partial charge in [-0.1, -0.05) is 40.9 Å². The van der Waals surface area contributed by atoms with Crippen molar-refractivity contribution in [1.82, 2.24) is 4.90 Å². The summed E-state index contributed by atoms with van der Waals surface area (Å²) in [4.78, 5) is 27.0. The van der Waals surface area contributed by atoms with Crippen molar-refractivity contribution in [2.75, 3.05) is 20.3 Å². The van der Waals surface area contributed by atoms with Crippen molar-refractivity contribution in [3.8, 4) is 0 Å². The van der Waals surface area contributed by atoms with Crippen LogP contribution in [0.4, 0.5) is 0 Å². The quantitative estimate of drug-likeness (QED) is 0.285. The van der Waals surface area contributed by atoms with E-state index in [4.69, 9.17) is 39.5 Å². The number of aliphatic hydroxyl groups excluding tert-OH is 1. The highest BCUT2D eigenvalue weighted by molar-refractivity contribution is 6.47. The molecule has 3 rings (SSSR count). The molecule has 1 N–H and O–H groups in total. The zero-order chi connectivity index (χ0) is 21.1. The maximum atomic E-state index is 12.8. The number of ketones is 1. The zero-order valence-electron chi connectivity index (χ0n) is 15.5. The highest BCUT2D eigenvalue weighted by atomic mass is 35.5. The molecule has 1 amide bonds. The standard InChI is InChI=1S/C21H18Cl3NO4/c1-29-10-2-9-25-18(13-5-8-15(23)16(24)11-13)17(20(27)21(25)28)19(26)12-3-6-14(22)7-4-12/h3-8,11,18,26H,2,9-10H2,1H3/b19-17+. The van der Waals surface area contributed by atoms with E-state index >= 15 is 0 Å². The number of hydrogen-bond acceptors (Lipinski definition) is 4. The molecule has 1 fully saturated rings. The minimum absolute atomic E-state index is 0.00636. The van der Waals surface area contributed by atoms with Crippen LogP contribution in [0, 0.1) is 0 Å². The van der Waals surface area contributed by atoms with Gasteiger partial charge in [-0.15, -0.1) is 0 Å². The molecule has 8 heteroatoms. The molecule has 0 aromatic heterocycles. The van der Waals surface area contributed by atoms with Crippen LogP contribution in [0.15, 0.2) is 48.0 Å². The van der Waals surface area contributed by atoms with E-state index in [0.717, 1.165) is 0 Å². The third kappa shape index (κ3) is 4.43. The number of rotatable bonds is 6. The van der Waals surface area contributed by atoms with Crippen molar-refractivity contribution in [3.63, 3.8) is 0 Å². The van der Waals surface area contributed by atoms with Gasteiger partial charge in [-0.2, -0.15) is 0 Å². The lowest BCUT2D eigenvalue weighted by atomic mass is 9.95. The number of ether oxygens (including phenoxy) is 1. The van der Waals surface area contributed by atoms with Gasteiger partial charge in [0.25, 0.3) is 11.7 Å². The molecule has 1 atom stereocenters. The van der Waals surface area contributed by atoms with Crippen molar-refractivity contribution in [2.24, 2.45) is 0 Å². The van der Waals surface area contributed by atoms with E-state index < -0.39 is 17.7 Å². The lowest BCUT2D eigenvalue weighted by molar-refractivity contribution is -0.140. The minimum atomic E-state index is -0.794. The first-order chi connectivity index (χ1) is 13.8. The van der Waals surface area contributed by atoms with E-state index in [9.17, 15) is 14.7 Å². The summed E-state index contributed by atoms with van der Waals surface area (Å²) < 4.78 is 5.06. The molecule has 5 nitrogen and oxygen atoms in total. The fraction of sp³-hybridized carbons (Fsp3) is 0.238. The third-order valence-electron chi connectivity index (χ3n) is 4.66. The predicted octanol–water partition coefficient (Wildman–Crippen LogP) is 5.11. The van der Waals surface area contributed by atoms with E-state index in [1.54, 1.807) is 49.6 Å². The Bertz CT molecular complexity index is 972. The molecule has 0 aliphatic carbocycles. The van der Waals surface area contributed by atoms with Crippen LogP contribution in [-0.4, -0.2) is 42.0 Å². The maximum absolute atomic E-state index is 12.8. The van der Waals surface area contributed by atoms with E-state index in [0.29, 0.717) is 34.2 Å². The first-order valence-electron chi connectivity index (χ1n) is 8.83. The molecule has 1 aliphatic heterocycles. The Hall–Kier alpha value is -2.05. The summed E-state index contributed by atoms with van der Waals surface area (Å²) in [5, 5.41) is 12.0. The fourth-order valence-electron chi connectivity index (χ4n) is 3.28. The molecule has 2 aromatic carbocycles. The van der Waals surface area contributed by atoms with Crippen LogP contribution in [0.5, 0.6) is 0 Å². The molecule has 1 heterocycles. The van der Waals surface area contributed by atoms with Crippen molar-refractivity contribution < 1.29 is 19.4 Å². The summed E-state index contributed by atoms with van der Waals surface area (Å²) in [6.45, 7) is 0.703. The number of nitrogens with zero attached hydrogens (tertiary/aromatic N) is 1. The molecule has 0 bridgehead atoms. The van der Waals surface area contributed by atoms with Gasteiger partial charge in [0.05, 0.1) is 21.7 Å². The number of carbonyl (C=O) groups excluding carboxylic acids is 2. The third-order valence-corrected chi connectivity index (χ3v) is 5.66. The van der Waals surface area contributed by atoms with Crippen molar-refractivity contribution >= 4 is 52.3 Å². The Labute approximate surface area is 183 Å². The van der Waals surface area contributed by atoms with Crippen LogP contribution in [0.1, 0.15) is 23.6 Å². The number of likely N-dealkylation sites (tertiary alicyclic amines) is 1. The van der Waals surface area contributed by atoms with Gasteiger partial charge in [0.1, 0.15) is 5.76 Å². The first-order valence-corrected chi connectivity index (χ1v) is 9.96. The molecule has 1 saturated heterocycles. The molecule has 2 aromatic rings. The summed E-state index contributed by atoms with van der Waals surface area (Å²) in [5.41, 5.74) is 0.953. The summed E-state index contributed by atoms with van der Waals surface area (Å²) in [5.74, 6) is -1.72. The van der Waals surface area contributed by atoms with Gasteiger partial charge in [0.15, 0.2) is 0 Å². The monoisotopic (exact) mass is 453 g/mol. The molecule has 1 aliphatic rings. The Kier molecular flexibility index (Phi) is 6.85. The Morgan fingerprint density at radius 1 is 1.07 bits per heavy atom. The molecule has 152 valence electrons. The smallest absolute Gasteiger partial charge is 0.295 e. The minimum Gasteiger partial charge on any atom is -0.507 e. The van der Waals surface area contributed by atoms with Crippen LogP contribution < -0.4 is 0 Å². The molecule has 0 spiro atoms. The SMILES string of the molecule is COCCCN1C(=O)C(=O)/C(=C(/O)c2ccc(Cl)cc2)C1c1ccc(Cl)c(Cl)c1. The molecular formula is C21H18Cl3NO4. The maximum Gasteiger partial charge on any atom is 0.295 e. The van der Waals surface area contributed by atoms with E-state index in [1.165, 1.54) is 4.90 Å². The number of halogens is 3. The highest BCUT2D eigenvalue weighted by Gasteiger charge is 2.45. The predicted molar refractivity (Wildman–Crippen MR) is 113 cm³/mol. The number of carbonyl (C=O) groups is 2. The number of benzene rings is 2. The van der Waals surface area contributed by atoms with Gasteiger partial charge in [0, 0.05) is 30.8 Å². The molecule has 1 unspecified atom stereocenters. The van der Waals surface area contributed by atoms with Crippen LogP contribution in [0.2, 0.25) is 15.1 Å². The summed E-state index contributed by atoms with van der Waals surface area (Å²) >= 11 is 18.1. The van der Waals surface area contributed by atoms with Gasteiger partial charge < -0.3 is 14.7 Å². The lowest BCUT2D eigenvalue weighted by Gasteiger charge is -2.25. The average molecular weight is 455 g/mol. The number of aliphatic hydroxyl groups is 1. The van der Waals surface area contributed by atoms with Gasteiger partial charge >= 0.3 is 0 Å². The van der Waals surface area contributed by atoms with Gasteiger partial charge in [-0.05, 0) is 48.4 Å². The summed E-state index contributed by atoms with van der Waals surface area (Å²) in [6, 6.07) is 10.4. The van der Waals surface area contributed by atoms with Gasteiger partial charge in [-0.3, -0.25) is 9.59 Å². The Balaban J connectivity index is 2.14. The topological polar surface area (TPSA) is 66.8 Å². The molecular weight excluding hydrogens is 437 g/mol. The first kappa shape index (κ1) is 21.7. The lowest BCUT2D eigenvalue weighted by Crippen LogP contribution is -2.31. The largest absolute Gasteiger partial charge is 0.507 e. The van der Waals surface area contributed by atoms with Crippen LogP contribution >= 0.6 is 34.8 Å². The second-order valence-electron chi connectivity index (χ2n) is 6.52. The van der Waals surface area contributed by atoms with Crippen LogP contribution in [-0.2, 0) is 14.3 Å². The number of methoxy groups -OCH3 is 1. The normalized spacial score (nSPS) is 18.5. The van der Waals surface area contributed by atoms with Crippen molar-refractivity contribution in [2.45, 2.75) is 12.5 Å². The molecule has 0 saturated carbocycles. The van der Waals surface area contributed by atoms with E-state index in [2.05, 4.69) is 0 Å². The number of amides is 1. The summed E-state index contributed by atoms with van der Waals surface area (Å²) in [6.07, 6.45) is 0.530. The van der Waals surface area contributed by atoms with Crippen LogP contribution in [0.3, 0.4) is 0 Å². The van der Waals surface area contributed by atoms with E-state index in [1.807, 2.05) is 0 Å². The fourth-order valence-corrected chi connectivity index (χ4v) is 3.71. The second kappa shape index (κ2) is 9.18. The summed E-state index contributed by atoms with van der Waals surface area (Å²) in [7, 11) is 1.56. The van der Waals surface area contributed by atoms with Gasteiger partial charge in [-0.25, -0.2) is 0 Å². The van der Waals surface area contributed by atoms with Crippen molar-refractivity contribution in [1.29, 1.82) is 0 Å². The second-order valence-corrected chi connectivity index (χ2v) is 7.77. The highest BCUT2D eigenvalue weighted by Crippen LogP contribution is 2.41. The molecule has 29 heavy (non-hydrogen) atoms. The average Bonchev–Trinajstić information content (AvgIpc) is 2.95. The van der Waals surface area contributed by atoms with Crippen LogP contribution in [0.25, 0.3) is 5.76 Å². The Morgan fingerprint density at radius 3 is 2.38 bits per heavy atom. The van der Waals surface area contributed by atoms with Crippen molar-refractivity contribution in [3.05, 3.63) is 74.2 Å². The number of Topliss-reactive ketones (excluding diaryl/α,β-unsaturated/α-hetero) is 1. The Morgan fingerprint density at radius 2 is 1.76 bits per heavy atom. The zero-order valence-corrected chi connectivity index (χ0v) is 17.8. The molecule has 0 radical (unpaired) electrons. The van der Waals surface area contributed by atoms with E-state index in [-0.39, 0.29) is 22.9 Å². The van der Waals surface area contributed by atoms with Gasteiger partial charge in [0.2, 0.25) is 0 Å².